The van der Waals surface area contributed by atoms with E-state index in [1.807, 2.05) is 26.8 Å². The van der Waals surface area contributed by atoms with Crippen molar-refractivity contribution in [3.63, 3.8) is 0 Å². The Bertz CT molecular complexity index is 613. The minimum absolute atomic E-state index is 0.0138. The van der Waals surface area contributed by atoms with Crippen LogP contribution >= 0.6 is 11.6 Å². The molecule has 0 aliphatic heterocycles. The molecule has 6 nitrogen and oxygen atoms in total. The van der Waals surface area contributed by atoms with E-state index in [-0.39, 0.29) is 11.3 Å². The van der Waals surface area contributed by atoms with Gasteiger partial charge in [-0.2, -0.15) is 15.0 Å². The molecule has 0 aliphatic rings. The van der Waals surface area contributed by atoms with Gasteiger partial charge in [0.05, 0.1) is 6.04 Å². The molecule has 1 unspecified atom stereocenters. The van der Waals surface area contributed by atoms with Crippen LogP contribution in [0.2, 0.25) is 5.28 Å². The molecule has 2 aromatic heterocycles. The van der Waals surface area contributed by atoms with E-state index in [1.165, 1.54) is 0 Å². The molecule has 0 saturated carbocycles. The first kappa shape index (κ1) is 15.6. The van der Waals surface area contributed by atoms with Gasteiger partial charge in [-0.1, -0.05) is 6.92 Å². The Balaban J connectivity index is 2.14. The molecule has 7 heteroatoms. The predicted octanol–water partition coefficient (Wildman–Crippen LogP) is 3.73. The summed E-state index contributed by atoms with van der Waals surface area (Å²) in [6, 6.07) is 2.02. The highest BCUT2D eigenvalue weighted by molar-refractivity contribution is 6.28. The molecule has 2 aromatic rings. The molecule has 0 amide bonds. The highest BCUT2D eigenvalue weighted by Crippen LogP contribution is 2.24. The number of halogens is 1. The van der Waals surface area contributed by atoms with Gasteiger partial charge >= 0.3 is 0 Å². The molecule has 0 aromatic carbocycles. The van der Waals surface area contributed by atoms with Crippen molar-refractivity contribution < 1.29 is 4.42 Å². The second-order valence-corrected chi connectivity index (χ2v) is 5.25. The van der Waals surface area contributed by atoms with Crippen molar-refractivity contribution in [2.45, 2.75) is 40.2 Å². The Morgan fingerprint density at radius 1 is 1.24 bits per heavy atom. The van der Waals surface area contributed by atoms with Crippen LogP contribution in [-0.2, 0) is 0 Å². The third kappa shape index (κ3) is 4.07. The number of rotatable bonds is 6. The van der Waals surface area contributed by atoms with Crippen molar-refractivity contribution in [1.29, 1.82) is 0 Å². The lowest BCUT2D eigenvalue weighted by Crippen LogP contribution is -2.12. The molecule has 2 N–H and O–H groups in total. The molecule has 2 rings (SSSR count). The highest BCUT2D eigenvalue weighted by Gasteiger charge is 2.14. The summed E-state index contributed by atoms with van der Waals surface area (Å²) in [6.07, 6.45) is 0.982. The molecule has 1 atom stereocenters. The number of hydrogen-bond donors (Lipinski definition) is 2. The monoisotopic (exact) mass is 309 g/mol. The van der Waals surface area contributed by atoms with Gasteiger partial charge in [-0.15, -0.1) is 0 Å². The van der Waals surface area contributed by atoms with Gasteiger partial charge in [-0.05, 0) is 44.9 Å². The zero-order valence-electron chi connectivity index (χ0n) is 12.7. The van der Waals surface area contributed by atoms with Crippen molar-refractivity contribution >= 4 is 23.5 Å². The second-order valence-electron chi connectivity index (χ2n) is 4.91. The second kappa shape index (κ2) is 6.76. The predicted molar refractivity (Wildman–Crippen MR) is 83.8 cm³/mol. The van der Waals surface area contributed by atoms with Gasteiger partial charge in [0, 0.05) is 12.1 Å². The average Bonchev–Trinajstić information content (AvgIpc) is 2.75. The van der Waals surface area contributed by atoms with E-state index in [0.717, 1.165) is 30.0 Å². The standard InChI is InChI=1S/C14H20ClN5O/c1-5-6-16-13-18-12(15)19-14(20-13)17-9(3)11-7-8(2)21-10(11)4/h7,9H,5-6H2,1-4H3,(H2,16,17,18,19,20). The van der Waals surface area contributed by atoms with Crippen molar-refractivity contribution in [2.24, 2.45) is 0 Å². The Labute approximate surface area is 129 Å². The Morgan fingerprint density at radius 3 is 2.57 bits per heavy atom. The van der Waals surface area contributed by atoms with Gasteiger partial charge in [-0.3, -0.25) is 0 Å². The summed E-state index contributed by atoms with van der Waals surface area (Å²) in [5, 5.41) is 6.49. The number of hydrogen-bond acceptors (Lipinski definition) is 6. The van der Waals surface area contributed by atoms with E-state index in [0.29, 0.717) is 11.9 Å². The summed E-state index contributed by atoms with van der Waals surface area (Å²) in [5.41, 5.74) is 1.08. The van der Waals surface area contributed by atoms with Crippen LogP contribution in [0, 0.1) is 13.8 Å². The SMILES string of the molecule is CCCNc1nc(Cl)nc(NC(C)c2cc(C)oc2C)n1. The van der Waals surface area contributed by atoms with Crippen LogP contribution in [0.15, 0.2) is 10.5 Å². The number of furan rings is 1. The molecule has 0 saturated heterocycles. The number of nitrogens with one attached hydrogen (secondary N) is 2. The largest absolute Gasteiger partial charge is 0.466 e. The summed E-state index contributed by atoms with van der Waals surface area (Å²) in [6.45, 7) is 8.75. The first-order chi connectivity index (χ1) is 9.99. The summed E-state index contributed by atoms with van der Waals surface area (Å²) < 4.78 is 5.54. The first-order valence-electron chi connectivity index (χ1n) is 6.98. The van der Waals surface area contributed by atoms with Crippen molar-refractivity contribution in [2.75, 3.05) is 17.2 Å². The smallest absolute Gasteiger partial charge is 0.229 e. The Kier molecular flexibility index (Phi) is 5.01. The molecule has 21 heavy (non-hydrogen) atoms. The lowest BCUT2D eigenvalue weighted by molar-refractivity contribution is 0.499. The van der Waals surface area contributed by atoms with Crippen LogP contribution in [-0.4, -0.2) is 21.5 Å². The quantitative estimate of drug-likeness (QED) is 0.846. The van der Waals surface area contributed by atoms with Crippen LogP contribution in [0.1, 0.15) is 43.4 Å². The van der Waals surface area contributed by atoms with Gasteiger partial charge in [0.25, 0.3) is 0 Å². The Hall–Kier alpha value is -1.82. The van der Waals surface area contributed by atoms with Crippen molar-refractivity contribution in [3.05, 3.63) is 28.4 Å². The van der Waals surface area contributed by atoms with E-state index in [2.05, 4.69) is 32.5 Å². The molecule has 0 radical (unpaired) electrons. The fraction of sp³-hybridized carbons (Fsp3) is 0.500. The van der Waals surface area contributed by atoms with E-state index < -0.39 is 0 Å². The van der Waals surface area contributed by atoms with E-state index >= 15 is 0 Å². The summed E-state index contributed by atoms with van der Waals surface area (Å²) >= 11 is 5.93. The van der Waals surface area contributed by atoms with Gasteiger partial charge in [0.15, 0.2) is 0 Å². The first-order valence-corrected chi connectivity index (χ1v) is 7.36. The minimum atomic E-state index is 0.0138. The van der Waals surface area contributed by atoms with Crippen molar-refractivity contribution in [1.82, 2.24) is 15.0 Å². The van der Waals surface area contributed by atoms with Gasteiger partial charge in [-0.25, -0.2) is 0 Å². The molecule has 114 valence electrons. The highest BCUT2D eigenvalue weighted by atomic mass is 35.5. The zero-order chi connectivity index (χ0) is 15.4. The molecule has 0 fully saturated rings. The number of nitrogens with zero attached hydrogens (tertiary/aromatic N) is 3. The van der Waals surface area contributed by atoms with Crippen molar-refractivity contribution in [3.8, 4) is 0 Å². The number of anilines is 2. The molecular weight excluding hydrogens is 290 g/mol. The zero-order valence-corrected chi connectivity index (χ0v) is 13.5. The number of aryl methyl sites for hydroxylation is 2. The molecular formula is C14H20ClN5O. The summed E-state index contributed by atoms with van der Waals surface area (Å²) in [5.74, 6) is 2.69. The van der Waals surface area contributed by atoms with Crippen LogP contribution in [0.3, 0.4) is 0 Å². The van der Waals surface area contributed by atoms with Gasteiger partial charge in [0.1, 0.15) is 11.5 Å². The van der Waals surface area contributed by atoms with Gasteiger partial charge < -0.3 is 15.1 Å². The molecule has 0 spiro atoms. The van der Waals surface area contributed by atoms with Gasteiger partial charge in [0.2, 0.25) is 17.2 Å². The maximum Gasteiger partial charge on any atom is 0.229 e. The minimum Gasteiger partial charge on any atom is -0.466 e. The van der Waals surface area contributed by atoms with E-state index in [4.69, 9.17) is 16.0 Å². The topological polar surface area (TPSA) is 75.9 Å². The normalized spacial score (nSPS) is 12.2. The summed E-state index contributed by atoms with van der Waals surface area (Å²) in [7, 11) is 0. The third-order valence-corrected chi connectivity index (χ3v) is 3.20. The maximum absolute atomic E-state index is 5.93. The molecule has 2 heterocycles. The maximum atomic E-state index is 5.93. The average molecular weight is 310 g/mol. The summed E-state index contributed by atoms with van der Waals surface area (Å²) in [4.78, 5) is 12.5. The Morgan fingerprint density at radius 2 is 1.95 bits per heavy atom. The van der Waals surface area contributed by atoms with Crippen LogP contribution in [0.4, 0.5) is 11.9 Å². The van der Waals surface area contributed by atoms with E-state index in [1.54, 1.807) is 0 Å². The lowest BCUT2D eigenvalue weighted by Gasteiger charge is -2.14. The molecule has 0 bridgehead atoms. The third-order valence-electron chi connectivity index (χ3n) is 3.03. The number of aromatic nitrogens is 3. The fourth-order valence-electron chi connectivity index (χ4n) is 2.08. The fourth-order valence-corrected chi connectivity index (χ4v) is 2.24. The van der Waals surface area contributed by atoms with Crippen LogP contribution in [0.5, 0.6) is 0 Å². The van der Waals surface area contributed by atoms with Crippen LogP contribution in [0.25, 0.3) is 0 Å². The molecule has 0 aliphatic carbocycles. The lowest BCUT2D eigenvalue weighted by atomic mass is 10.1. The van der Waals surface area contributed by atoms with E-state index in [9.17, 15) is 0 Å². The van der Waals surface area contributed by atoms with Crippen LogP contribution < -0.4 is 10.6 Å².